The summed E-state index contributed by atoms with van der Waals surface area (Å²) in [6.07, 6.45) is 2.99. The van der Waals surface area contributed by atoms with Crippen LogP contribution in [0.25, 0.3) is 0 Å². The summed E-state index contributed by atoms with van der Waals surface area (Å²) in [5.41, 5.74) is 2.54. The summed E-state index contributed by atoms with van der Waals surface area (Å²) in [5.74, 6) is -0.223. The topological polar surface area (TPSA) is 84.4 Å². The summed E-state index contributed by atoms with van der Waals surface area (Å²) in [5, 5.41) is 3.02. The zero-order valence-corrected chi connectivity index (χ0v) is 16.3. The quantitative estimate of drug-likeness (QED) is 0.620. The predicted octanol–water partition coefficient (Wildman–Crippen LogP) is 3.67. The van der Waals surface area contributed by atoms with Gasteiger partial charge in [-0.15, -0.1) is 0 Å². The van der Waals surface area contributed by atoms with Gasteiger partial charge in [-0.3, -0.25) is 4.79 Å². The number of hydrogen-bond donors (Lipinski definition) is 1. The minimum Gasteiger partial charge on any atom is -0.465 e. The van der Waals surface area contributed by atoms with E-state index in [1.807, 2.05) is 37.3 Å². The van der Waals surface area contributed by atoms with Gasteiger partial charge in [0.05, 0.1) is 18.2 Å². The zero-order chi connectivity index (χ0) is 20.6. The van der Waals surface area contributed by atoms with Crippen LogP contribution in [0, 0.1) is 0 Å². The highest BCUT2D eigenvalue weighted by atomic mass is 16.5. The second-order valence-electron chi connectivity index (χ2n) is 6.30. The fourth-order valence-corrected chi connectivity index (χ4v) is 2.79. The van der Waals surface area contributed by atoms with E-state index in [2.05, 4.69) is 15.3 Å². The Labute approximate surface area is 169 Å². The second-order valence-corrected chi connectivity index (χ2v) is 6.30. The standard InChI is InChI=1S/C22H22N4O3/c1-3-26(15-16-8-5-4-6-9-16)20(27)18-13-23-22(24-14-18)25-19-11-7-10-17(12-19)21(28)29-2/h4-14H,3,15H2,1-2H3,(H,23,24,25). The van der Waals surface area contributed by atoms with Crippen LogP contribution in [-0.4, -0.2) is 40.4 Å². The van der Waals surface area contributed by atoms with Crippen molar-refractivity contribution >= 4 is 23.5 Å². The Morgan fingerprint density at radius 1 is 1.00 bits per heavy atom. The molecule has 7 nitrogen and oxygen atoms in total. The molecule has 1 heterocycles. The van der Waals surface area contributed by atoms with E-state index in [0.29, 0.717) is 35.9 Å². The average Bonchev–Trinajstić information content (AvgIpc) is 2.78. The number of hydrogen-bond acceptors (Lipinski definition) is 6. The van der Waals surface area contributed by atoms with Crippen molar-refractivity contribution in [1.82, 2.24) is 14.9 Å². The average molecular weight is 390 g/mol. The highest BCUT2D eigenvalue weighted by Gasteiger charge is 2.16. The van der Waals surface area contributed by atoms with Gasteiger partial charge >= 0.3 is 5.97 Å². The smallest absolute Gasteiger partial charge is 0.337 e. The lowest BCUT2D eigenvalue weighted by molar-refractivity contribution is 0.0600. The number of esters is 1. The van der Waals surface area contributed by atoms with Crippen molar-refractivity contribution in [2.24, 2.45) is 0 Å². The molecule has 148 valence electrons. The summed E-state index contributed by atoms with van der Waals surface area (Å²) in [4.78, 5) is 34.6. The molecule has 0 radical (unpaired) electrons. The molecule has 0 fully saturated rings. The summed E-state index contributed by atoms with van der Waals surface area (Å²) in [6, 6.07) is 16.6. The number of aromatic nitrogens is 2. The van der Waals surface area contributed by atoms with Crippen LogP contribution in [0.15, 0.2) is 67.0 Å². The highest BCUT2D eigenvalue weighted by molar-refractivity contribution is 5.93. The van der Waals surface area contributed by atoms with Crippen molar-refractivity contribution in [1.29, 1.82) is 0 Å². The fraction of sp³-hybridized carbons (Fsp3) is 0.182. The number of carbonyl (C=O) groups is 2. The molecule has 7 heteroatoms. The molecule has 1 aromatic heterocycles. The zero-order valence-electron chi connectivity index (χ0n) is 16.3. The van der Waals surface area contributed by atoms with E-state index in [1.54, 1.807) is 29.2 Å². The van der Waals surface area contributed by atoms with Gasteiger partial charge < -0.3 is 15.0 Å². The number of nitrogens with zero attached hydrogens (tertiary/aromatic N) is 3. The van der Waals surface area contributed by atoms with Gasteiger partial charge in [-0.1, -0.05) is 36.4 Å². The van der Waals surface area contributed by atoms with Crippen LogP contribution in [0.3, 0.4) is 0 Å². The maximum Gasteiger partial charge on any atom is 0.337 e. The molecule has 3 aromatic rings. The van der Waals surface area contributed by atoms with E-state index in [1.165, 1.54) is 19.5 Å². The lowest BCUT2D eigenvalue weighted by Gasteiger charge is -2.20. The number of ether oxygens (including phenoxy) is 1. The molecule has 2 aromatic carbocycles. The van der Waals surface area contributed by atoms with Gasteiger partial charge in [0.15, 0.2) is 0 Å². The van der Waals surface area contributed by atoms with Crippen molar-refractivity contribution in [3.8, 4) is 0 Å². The largest absolute Gasteiger partial charge is 0.465 e. The third kappa shape index (κ3) is 5.16. The van der Waals surface area contributed by atoms with Crippen LogP contribution in [0.4, 0.5) is 11.6 Å². The molecule has 3 rings (SSSR count). The molecule has 0 atom stereocenters. The Morgan fingerprint density at radius 3 is 2.38 bits per heavy atom. The first-order valence-electron chi connectivity index (χ1n) is 9.21. The van der Waals surface area contributed by atoms with Gasteiger partial charge in [-0.25, -0.2) is 14.8 Å². The van der Waals surface area contributed by atoms with Gasteiger partial charge in [0, 0.05) is 31.2 Å². The van der Waals surface area contributed by atoms with Crippen molar-refractivity contribution in [2.45, 2.75) is 13.5 Å². The minimum atomic E-state index is -0.423. The number of rotatable bonds is 7. The molecule has 0 spiro atoms. The fourth-order valence-electron chi connectivity index (χ4n) is 2.79. The molecule has 0 saturated heterocycles. The normalized spacial score (nSPS) is 10.3. The molecule has 0 aliphatic heterocycles. The van der Waals surface area contributed by atoms with Crippen molar-refractivity contribution in [3.05, 3.63) is 83.7 Å². The highest BCUT2D eigenvalue weighted by Crippen LogP contribution is 2.16. The number of carbonyl (C=O) groups excluding carboxylic acids is 2. The van der Waals surface area contributed by atoms with Crippen LogP contribution >= 0.6 is 0 Å². The molecule has 1 N–H and O–H groups in total. The molecule has 0 unspecified atom stereocenters. The molecule has 0 bridgehead atoms. The summed E-state index contributed by atoms with van der Waals surface area (Å²) >= 11 is 0. The lowest BCUT2D eigenvalue weighted by Crippen LogP contribution is -2.30. The van der Waals surface area contributed by atoms with E-state index in [9.17, 15) is 9.59 Å². The van der Waals surface area contributed by atoms with Gasteiger partial charge in [-0.05, 0) is 30.7 Å². The Bertz CT molecular complexity index is 975. The van der Waals surface area contributed by atoms with Crippen LogP contribution in [0.5, 0.6) is 0 Å². The summed E-state index contributed by atoms with van der Waals surface area (Å²) in [6.45, 7) is 3.04. The maximum absolute atomic E-state index is 12.8. The van der Waals surface area contributed by atoms with Crippen LogP contribution in [-0.2, 0) is 11.3 Å². The third-order valence-corrected chi connectivity index (χ3v) is 4.32. The minimum absolute atomic E-state index is 0.129. The number of methoxy groups -OCH3 is 1. The Balaban J connectivity index is 1.69. The van der Waals surface area contributed by atoms with Gasteiger partial charge in [-0.2, -0.15) is 0 Å². The van der Waals surface area contributed by atoms with E-state index in [0.717, 1.165) is 5.56 Å². The van der Waals surface area contributed by atoms with E-state index in [4.69, 9.17) is 4.74 Å². The first kappa shape index (κ1) is 20.0. The SMILES string of the molecule is CCN(Cc1ccccc1)C(=O)c1cnc(Nc2cccc(C(=O)OC)c2)nc1. The first-order chi connectivity index (χ1) is 14.1. The Hall–Kier alpha value is -3.74. The monoisotopic (exact) mass is 390 g/mol. The second kappa shape index (κ2) is 9.45. The van der Waals surface area contributed by atoms with Gasteiger partial charge in [0.25, 0.3) is 5.91 Å². The van der Waals surface area contributed by atoms with Gasteiger partial charge in [0.1, 0.15) is 0 Å². The number of amides is 1. The summed E-state index contributed by atoms with van der Waals surface area (Å²) < 4.78 is 4.72. The summed E-state index contributed by atoms with van der Waals surface area (Å²) in [7, 11) is 1.33. The lowest BCUT2D eigenvalue weighted by atomic mass is 10.2. The van der Waals surface area contributed by atoms with E-state index in [-0.39, 0.29) is 5.91 Å². The van der Waals surface area contributed by atoms with Crippen LogP contribution < -0.4 is 5.32 Å². The molecule has 0 saturated carbocycles. The van der Waals surface area contributed by atoms with E-state index < -0.39 is 5.97 Å². The molecular formula is C22H22N4O3. The number of benzene rings is 2. The molecule has 0 aliphatic carbocycles. The van der Waals surface area contributed by atoms with Crippen molar-refractivity contribution in [3.63, 3.8) is 0 Å². The molecule has 1 amide bonds. The number of anilines is 2. The Morgan fingerprint density at radius 2 is 1.72 bits per heavy atom. The third-order valence-electron chi connectivity index (χ3n) is 4.32. The maximum atomic E-state index is 12.8. The van der Waals surface area contributed by atoms with Crippen molar-refractivity contribution < 1.29 is 14.3 Å². The van der Waals surface area contributed by atoms with Gasteiger partial charge in [0.2, 0.25) is 5.95 Å². The Kier molecular flexibility index (Phi) is 6.52. The van der Waals surface area contributed by atoms with Crippen LogP contribution in [0.1, 0.15) is 33.2 Å². The molecular weight excluding hydrogens is 368 g/mol. The molecule has 0 aliphatic rings. The predicted molar refractivity (Wildman–Crippen MR) is 110 cm³/mol. The first-order valence-corrected chi connectivity index (χ1v) is 9.21. The van der Waals surface area contributed by atoms with Crippen molar-refractivity contribution in [2.75, 3.05) is 19.0 Å². The number of nitrogens with one attached hydrogen (secondary N) is 1. The molecule has 29 heavy (non-hydrogen) atoms. The van der Waals surface area contributed by atoms with Crippen LogP contribution in [0.2, 0.25) is 0 Å². The van der Waals surface area contributed by atoms with E-state index >= 15 is 0 Å².